The normalized spacial score (nSPS) is 28.2. The molecule has 1 aliphatic carbocycles. The third-order valence-electron chi connectivity index (χ3n) is 3.95. The number of hydrogen-bond acceptors (Lipinski definition) is 1. The van der Waals surface area contributed by atoms with Gasteiger partial charge in [0, 0.05) is 11.7 Å². The molecule has 0 aliphatic heterocycles. The Labute approximate surface area is 118 Å². The molecule has 0 aromatic heterocycles. The standard InChI is InChI=1S/C14H18Cl2FN/c1-8-3-4-10(5-9(8)2)18-11-6-12(15)14(17)13(16)7-11/h6-10,18H,3-5H2,1-2H3. The van der Waals surface area contributed by atoms with Gasteiger partial charge in [0.2, 0.25) is 0 Å². The van der Waals surface area contributed by atoms with Gasteiger partial charge >= 0.3 is 0 Å². The molecule has 18 heavy (non-hydrogen) atoms. The number of nitrogens with one attached hydrogen (secondary N) is 1. The molecule has 0 spiro atoms. The maximum absolute atomic E-state index is 13.3. The topological polar surface area (TPSA) is 12.0 Å². The van der Waals surface area contributed by atoms with E-state index in [1.54, 1.807) is 12.1 Å². The van der Waals surface area contributed by atoms with Crippen molar-refractivity contribution in [2.24, 2.45) is 11.8 Å². The van der Waals surface area contributed by atoms with Crippen LogP contribution >= 0.6 is 23.2 Å². The molecular weight excluding hydrogens is 272 g/mol. The minimum atomic E-state index is -0.547. The van der Waals surface area contributed by atoms with Gasteiger partial charge in [0.15, 0.2) is 5.82 Å². The van der Waals surface area contributed by atoms with Crippen LogP contribution in [-0.4, -0.2) is 6.04 Å². The lowest BCUT2D eigenvalue weighted by Crippen LogP contribution is -2.30. The Bertz CT molecular complexity index is 413. The molecule has 1 N–H and O–H groups in total. The van der Waals surface area contributed by atoms with Crippen LogP contribution in [0.15, 0.2) is 12.1 Å². The first kappa shape index (κ1) is 14.0. The van der Waals surface area contributed by atoms with Crippen LogP contribution in [0.4, 0.5) is 10.1 Å². The highest BCUT2D eigenvalue weighted by atomic mass is 35.5. The Kier molecular flexibility index (Phi) is 4.39. The highest BCUT2D eigenvalue weighted by Gasteiger charge is 2.24. The van der Waals surface area contributed by atoms with Crippen molar-refractivity contribution >= 4 is 28.9 Å². The SMILES string of the molecule is CC1CCC(Nc2cc(Cl)c(F)c(Cl)c2)CC1C. The van der Waals surface area contributed by atoms with Crippen molar-refractivity contribution in [1.29, 1.82) is 0 Å². The van der Waals surface area contributed by atoms with Gasteiger partial charge in [0.25, 0.3) is 0 Å². The summed E-state index contributed by atoms with van der Waals surface area (Å²) in [6.45, 7) is 4.58. The van der Waals surface area contributed by atoms with Gasteiger partial charge in [0.05, 0.1) is 10.0 Å². The van der Waals surface area contributed by atoms with E-state index in [0.717, 1.165) is 24.4 Å². The van der Waals surface area contributed by atoms with Gasteiger partial charge in [-0.1, -0.05) is 37.0 Å². The zero-order chi connectivity index (χ0) is 13.3. The molecule has 0 bridgehead atoms. The van der Waals surface area contributed by atoms with Crippen LogP contribution in [0.1, 0.15) is 33.1 Å². The van der Waals surface area contributed by atoms with Crippen LogP contribution in [0.25, 0.3) is 0 Å². The van der Waals surface area contributed by atoms with Crippen molar-refractivity contribution in [2.45, 2.75) is 39.2 Å². The molecule has 1 aromatic carbocycles. The van der Waals surface area contributed by atoms with Gasteiger partial charge in [-0.15, -0.1) is 0 Å². The van der Waals surface area contributed by atoms with Gasteiger partial charge < -0.3 is 5.32 Å². The lowest BCUT2D eigenvalue weighted by molar-refractivity contribution is 0.261. The zero-order valence-corrected chi connectivity index (χ0v) is 12.2. The number of hydrogen-bond donors (Lipinski definition) is 1. The van der Waals surface area contributed by atoms with E-state index in [1.807, 2.05) is 0 Å². The van der Waals surface area contributed by atoms with Gasteiger partial charge in [-0.2, -0.15) is 0 Å². The zero-order valence-electron chi connectivity index (χ0n) is 10.6. The van der Waals surface area contributed by atoms with Crippen LogP contribution in [0, 0.1) is 17.7 Å². The van der Waals surface area contributed by atoms with Crippen molar-refractivity contribution in [3.05, 3.63) is 28.0 Å². The summed E-state index contributed by atoms with van der Waals surface area (Å²) in [6.07, 6.45) is 3.49. The van der Waals surface area contributed by atoms with Gasteiger partial charge in [-0.25, -0.2) is 4.39 Å². The summed E-state index contributed by atoms with van der Waals surface area (Å²) >= 11 is 11.6. The summed E-state index contributed by atoms with van der Waals surface area (Å²) < 4.78 is 13.3. The van der Waals surface area contributed by atoms with Crippen molar-refractivity contribution in [3.63, 3.8) is 0 Å². The van der Waals surface area contributed by atoms with E-state index in [2.05, 4.69) is 19.2 Å². The maximum atomic E-state index is 13.3. The van der Waals surface area contributed by atoms with E-state index >= 15 is 0 Å². The fourth-order valence-corrected chi connectivity index (χ4v) is 3.04. The summed E-state index contributed by atoms with van der Waals surface area (Å²) in [5.74, 6) is 0.945. The Morgan fingerprint density at radius 1 is 1.11 bits per heavy atom. The van der Waals surface area contributed by atoms with Crippen molar-refractivity contribution in [2.75, 3.05) is 5.32 Å². The summed E-state index contributed by atoms with van der Waals surface area (Å²) in [7, 11) is 0. The molecule has 1 saturated carbocycles. The van der Waals surface area contributed by atoms with Crippen LogP contribution in [0.3, 0.4) is 0 Å². The van der Waals surface area contributed by atoms with Crippen LogP contribution in [-0.2, 0) is 0 Å². The molecule has 0 amide bonds. The minimum Gasteiger partial charge on any atom is -0.382 e. The highest BCUT2D eigenvalue weighted by Crippen LogP contribution is 2.33. The fraction of sp³-hybridized carbons (Fsp3) is 0.571. The molecule has 0 radical (unpaired) electrons. The number of anilines is 1. The average Bonchev–Trinajstić information content (AvgIpc) is 2.31. The Morgan fingerprint density at radius 2 is 1.72 bits per heavy atom. The van der Waals surface area contributed by atoms with Crippen LogP contribution in [0.5, 0.6) is 0 Å². The molecule has 4 heteroatoms. The Morgan fingerprint density at radius 3 is 2.28 bits per heavy atom. The molecule has 1 fully saturated rings. The van der Waals surface area contributed by atoms with Crippen molar-refractivity contribution in [3.8, 4) is 0 Å². The van der Waals surface area contributed by atoms with E-state index in [0.29, 0.717) is 12.0 Å². The third-order valence-corrected chi connectivity index (χ3v) is 4.50. The van der Waals surface area contributed by atoms with E-state index in [-0.39, 0.29) is 10.0 Å². The molecule has 0 saturated heterocycles. The first-order chi connectivity index (χ1) is 8.47. The largest absolute Gasteiger partial charge is 0.382 e. The van der Waals surface area contributed by atoms with E-state index in [1.165, 1.54) is 6.42 Å². The van der Waals surface area contributed by atoms with Crippen molar-refractivity contribution < 1.29 is 4.39 Å². The first-order valence-electron chi connectivity index (χ1n) is 6.38. The van der Waals surface area contributed by atoms with E-state index in [9.17, 15) is 4.39 Å². The molecular formula is C14H18Cl2FN. The number of halogens is 3. The summed E-state index contributed by atoms with van der Waals surface area (Å²) in [6, 6.07) is 3.63. The van der Waals surface area contributed by atoms with Crippen LogP contribution in [0.2, 0.25) is 10.0 Å². The predicted molar refractivity (Wildman–Crippen MR) is 76.0 cm³/mol. The molecule has 1 aliphatic rings. The summed E-state index contributed by atoms with van der Waals surface area (Å²) in [5.41, 5.74) is 0.804. The Balaban J connectivity index is 2.06. The van der Waals surface area contributed by atoms with E-state index < -0.39 is 5.82 Å². The molecule has 0 heterocycles. The molecule has 1 nitrogen and oxygen atoms in total. The predicted octanol–water partition coefficient (Wildman–Crippen LogP) is 5.37. The molecule has 3 unspecified atom stereocenters. The molecule has 1 aromatic rings. The van der Waals surface area contributed by atoms with Crippen LogP contribution < -0.4 is 5.32 Å². The van der Waals surface area contributed by atoms with Crippen molar-refractivity contribution in [1.82, 2.24) is 0 Å². The molecule has 3 atom stereocenters. The number of benzene rings is 1. The number of rotatable bonds is 2. The second kappa shape index (κ2) is 5.66. The Hall–Kier alpha value is -0.470. The second-order valence-electron chi connectivity index (χ2n) is 5.36. The first-order valence-corrected chi connectivity index (χ1v) is 7.14. The average molecular weight is 290 g/mol. The fourth-order valence-electron chi connectivity index (χ4n) is 2.55. The highest BCUT2D eigenvalue weighted by molar-refractivity contribution is 6.35. The molecule has 100 valence electrons. The minimum absolute atomic E-state index is 0.0715. The lowest BCUT2D eigenvalue weighted by Gasteiger charge is -2.33. The summed E-state index contributed by atoms with van der Waals surface area (Å²) in [4.78, 5) is 0. The summed E-state index contributed by atoms with van der Waals surface area (Å²) in [5, 5.41) is 3.55. The monoisotopic (exact) mass is 289 g/mol. The lowest BCUT2D eigenvalue weighted by atomic mass is 9.79. The molecule has 2 rings (SSSR count). The second-order valence-corrected chi connectivity index (χ2v) is 6.18. The maximum Gasteiger partial charge on any atom is 0.160 e. The quantitative estimate of drug-likeness (QED) is 0.722. The van der Waals surface area contributed by atoms with Gasteiger partial charge in [0.1, 0.15) is 0 Å². The third kappa shape index (κ3) is 3.10. The van der Waals surface area contributed by atoms with E-state index in [4.69, 9.17) is 23.2 Å². The van der Waals surface area contributed by atoms with Gasteiger partial charge in [-0.05, 0) is 43.2 Å². The smallest absolute Gasteiger partial charge is 0.160 e. The van der Waals surface area contributed by atoms with Gasteiger partial charge in [-0.3, -0.25) is 0 Å².